The Morgan fingerprint density at radius 1 is 1.29 bits per heavy atom. The number of aromatic hydroxyl groups is 1. The summed E-state index contributed by atoms with van der Waals surface area (Å²) in [5.74, 6) is 0.487. The molecule has 2 rings (SSSR count). The van der Waals surface area contributed by atoms with Gasteiger partial charge in [0.2, 0.25) is 0 Å². The van der Waals surface area contributed by atoms with Gasteiger partial charge in [0.15, 0.2) is 11.5 Å². The van der Waals surface area contributed by atoms with Crippen molar-refractivity contribution in [3.8, 4) is 11.5 Å². The van der Waals surface area contributed by atoms with Crippen molar-refractivity contribution in [3.05, 3.63) is 22.7 Å². The molecule has 0 atom stereocenters. The quantitative estimate of drug-likeness (QED) is 0.853. The molecule has 17 heavy (non-hydrogen) atoms. The van der Waals surface area contributed by atoms with Crippen LogP contribution in [-0.2, 0) is 5.54 Å². The van der Waals surface area contributed by atoms with Crippen molar-refractivity contribution in [1.82, 2.24) is 0 Å². The molecule has 0 aromatic heterocycles. The molecule has 0 bridgehead atoms. The molecule has 94 valence electrons. The van der Waals surface area contributed by atoms with Crippen LogP contribution < -0.4 is 10.5 Å². The largest absolute Gasteiger partial charge is 0.504 e. The zero-order valence-electron chi connectivity index (χ0n) is 10.0. The summed E-state index contributed by atoms with van der Waals surface area (Å²) in [6.07, 6.45) is 5.27. The Morgan fingerprint density at radius 2 is 1.94 bits per heavy atom. The van der Waals surface area contributed by atoms with Crippen molar-refractivity contribution < 1.29 is 9.84 Å². The Balaban J connectivity index is 2.41. The van der Waals surface area contributed by atoms with Crippen molar-refractivity contribution in [2.45, 2.75) is 37.6 Å². The van der Waals surface area contributed by atoms with Crippen LogP contribution in [0.5, 0.6) is 11.5 Å². The van der Waals surface area contributed by atoms with Crippen LogP contribution in [0.4, 0.5) is 0 Å². The second kappa shape index (κ2) is 4.75. The minimum absolute atomic E-state index is 0.0994. The summed E-state index contributed by atoms with van der Waals surface area (Å²) in [5, 5.41) is 10.4. The van der Waals surface area contributed by atoms with Crippen LogP contribution in [0, 0.1) is 0 Å². The first-order valence-electron chi connectivity index (χ1n) is 5.93. The average molecular weight is 256 g/mol. The van der Waals surface area contributed by atoms with Gasteiger partial charge in [-0.1, -0.05) is 30.9 Å². The van der Waals surface area contributed by atoms with Gasteiger partial charge in [0, 0.05) is 16.6 Å². The predicted octanol–water partition coefficient (Wildman–Crippen LogP) is 3.17. The third kappa shape index (κ3) is 2.35. The lowest BCUT2D eigenvalue weighted by Gasteiger charge is -2.34. The van der Waals surface area contributed by atoms with E-state index in [1.807, 2.05) is 0 Å². The van der Waals surface area contributed by atoms with Gasteiger partial charge in [-0.05, 0) is 24.5 Å². The van der Waals surface area contributed by atoms with Crippen LogP contribution in [0.15, 0.2) is 12.1 Å². The van der Waals surface area contributed by atoms with Crippen LogP contribution in [0.2, 0.25) is 5.02 Å². The molecule has 1 aliphatic carbocycles. The van der Waals surface area contributed by atoms with Gasteiger partial charge in [0.05, 0.1) is 7.11 Å². The molecule has 1 aromatic rings. The Hall–Kier alpha value is -0.930. The molecule has 1 saturated carbocycles. The van der Waals surface area contributed by atoms with E-state index in [2.05, 4.69) is 0 Å². The van der Waals surface area contributed by atoms with Gasteiger partial charge in [-0.25, -0.2) is 0 Å². The summed E-state index contributed by atoms with van der Waals surface area (Å²) in [6, 6.07) is 3.28. The number of hydrogen-bond acceptors (Lipinski definition) is 3. The van der Waals surface area contributed by atoms with E-state index in [9.17, 15) is 5.11 Å². The molecule has 0 radical (unpaired) electrons. The van der Waals surface area contributed by atoms with Gasteiger partial charge in [-0.15, -0.1) is 0 Å². The molecule has 0 heterocycles. The zero-order chi connectivity index (χ0) is 12.5. The van der Waals surface area contributed by atoms with E-state index in [4.69, 9.17) is 22.1 Å². The lowest BCUT2D eigenvalue weighted by Crippen LogP contribution is -2.38. The lowest BCUT2D eigenvalue weighted by atomic mass is 9.77. The SMILES string of the molecule is COc1cc(Cl)c(C2(N)CCCCC2)cc1O. The molecule has 0 spiro atoms. The smallest absolute Gasteiger partial charge is 0.161 e. The van der Waals surface area contributed by atoms with Crippen LogP contribution >= 0.6 is 11.6 Å². The van der Waals surface area contributed by atoms with Gasteiger partial charge < -0.3 is 15.6 Å². The molecule has 1 aromatic carbocycles. The third-order valence-electron chi connectivity index (χ3n) is 3.55. The topological polar surface area (TPSA) is 55.5 Å². The minimum Gasteiger partial charge on any atom is -0.504 e. The molecule has 0 aliphatic heterocycles. The molecule has 1 fully saturated rings. The van der Waals surface area contributed by atoms with E-state index >= 15 is 0 Å². The average Bonchev–Trinajstić information content (AvgIpc) is 2.32. The fraction of sp³-hybridized carbons (Fsp3) is 0.538. The van der Waals surface area contributed by atoms with Crippen LogP contribution in [0.1, 0.15) is 37.7 Å². The van der Waals surface area contributed by atoms with E-state index in [1.54, 1.807) is 12.1 Å². The second-order valence-corrected chi connectivity index (χ2v) is 5.13. The standard InChI is InChI=1S/C13H18ClNO2/c1-17-12-8-10(14)9(7-11(12)16)13(15)5-3-2-4-6-13/h7-8,16H,2-6,15H2,1H3. The number of halogens is 1. The summed E-state index contributed by atoms with van der Waals surface area (Å²) in [4.78, 5) is 0. The Bertz CT molecular complexity index is 414. The normalized spacial score (nSPS) is 19.0. The van der Waals surface area contributed by atoms with Crippen LogP contribution in [0.25, 0.3) is 0 Å². The Morgan fingerprint density at radius 3 is 2.53 bits per heavy atom. The van der Waals surface area contributed by atoms with Gasteiger partial charge in [-0.2, -0.15) is 0 Å². The number of phenols is 1. The molecule has 1 aliphatic rings. The van der Waals surface area contributed by atoms with Gasteiger partial charge in [0.25, 0.3) is 0 Å². The first-order valence-corrected chi connectivity index (χ1v) is 6.30. The number of hydrogen-bond donors (Lipinski definition) is 2. The van der Waals surface area contributed by atoms with E-state index < -0.39 is 5.54 Å². The molecular formula is C13H18ClNO2. The Kier molecular flexibility index (Phi) is 3.50. The Labute approximate surface area is 107 Å². The summed E-state index contributed by atoms with van der Waals surface area (Å²) >= 11 is 6.23. The number of methoxy groups -OCH3 is 1. The molecule has 3 nitrogen and oxygen atoms in total. The first kappa shape index (κ1) is 12.5. The van der Waals surface area contributed by atoms with E-state index in [1.165, 1.54) is 13.5 Å². The van der Waals surface area contributed by atoms with Crippen molar-refractivity contribution in [2.75, 3.05) is 7.11 Å². The van der Waals surface area contributed by atoms with Gasteiger partial charge in [-0.3, -0.25) is 0 Å². The maximum atomic E-state index is 9.82. The van der Waals surface area contributed by atoms with Crippen molar-refractivity contribution in [3.63, 3.8) is 0 Å². The van der Waals surface area contributed by atoms with Gasteiger partial charge in [0.1, 0.15) is 0 Å². The first-order chi connectivity index (χ1) is 8.07. The molecule has 0 saturated heterocycles. The lowest BCUT2D eigenvalue weighted by molar-refractivity contribution is 0.300. The third-order valence-corrected chi connectivity index (χ3v) is 3.86. The fourth-order valence-electron chi connectivity index (χ4n) is 2.54. The van der Waals surface area contributed by atoms with E-state index in [0.29, 0.717) is 10.8 Å². The highest BCUT2D eigenvalue weighted by atomic mass is 35.5. The summed E-state index contributed by atoms with van der Waals surface area (Å²) in [6.45, 7) is 0. The van der Waals surface area contributed by atoms with E-state index in [-0.39, 0.29) is 5.75 Å². The highest BCUT2D eigenvalue weighted by Gasteiger charge is 2.32. The molecule has 0 unspecified atom stereocenters. The highest BCUT2D eigenvalue weighted by Crippen LogP contribution is 2.42. The summed E-state index contributed by atoms with van der Waals surface area (Å²) in [7, 11) is 1.50. The van der Waals surface area contributed by atoms with Crippen molar-refractivity contribution in [2.24, 2.45) is 5.73 Å². The fourth-order valence-corrected chi connectivity index (χ4v) is 2.88. The molecular weight excluding hydrogens is 238 g/mol. The van der Waals surface area contributed by atoms with Crippen molar-refractivity contribution >= 4 is 11.6 Å². The monoisotopic (exact) mass is 255 g/mol. The van der Waals surface area contributed by atoms with Gasteiger partial charge >= 0.3 is 0 Å². The molecule has 0 amide bonds. The number of rotatable bonds is 2. The summed E-state index contributed by atoms with van der Waals surface area (Å²) in [5.41, 5.74) is 6.83. The predicted molar refractivity (Wildman–Crippen MR) is 68.6 cm³/mol. The maximum Gasteiger partial charge on any atom is 0.161 e. The number of benzene rings is 1. The molecule has 3 N–H and O–H groups in total. The second-order valence-electron chi connectivity index (χ2n) is 4.72. The van der Waals surface area contributed by atoms with Crippen LogP contribution in [0.3, 0.4) is 0 Å². The highest BCUT2D eigenvalue weighted by molar-refractivity contribution is 6.31. The van der Waals surface area contributed by atoms with Crippen molar-refractivity contribution in [1.29, 1.82) is 0 Å². The van der Waals surface area contributed by atoms with E-state index in [0.717, 1.165) is 31.2 Å². The molecule has 4 heteroatoms. The minimum atomic E-state index is -0.404. The maximum absolute atomic E-state index is 9.82. The zero-order valence-corrected chi connectivity index (χ0v) is 10.8. The number of nitrogens with two attached hydrogens (primary N) is 1. The summed E-state index contributed by atoms with van der Waals surface area (Å²) < 4.78 is 5.03. The number of ether oxygens (including phenoxy) is 1. The number of phenolic OH excluding ortho intramolecular Hbond substituents is 1. The van der Waals surface area contributed by atoms with Crippen LogP contribution in [-0.4, -0.2) is 12.2 Å².